The quantitative estimate of drug-likeness (QED) is 0.818. The van der Waals surface area contributed by atoms with Crippen LogP contribution in [0.5, 0.6) is 5.75 Å². The first-order valence-corrected chi connectivity index (χ1v) is 6.23. The summed E-state index contributed by atoms with van der Waals surface area (Å²) in [6.07, 6.45) is 1.85. The van der Waals surface area contributed by atoms with Crippen LogP contribution >= 0.6 is 0 Å². The molecule has 1 aromatic carbocycles. The molecule has 6 heteroatoms. The van der Waals surface area contributed by atoms with Crippen LogP contribution in [-0.2, 0) is 9.53 Å². The van der Waals surface area contributed by atoms with Crippen LogP contribution in [0.4, 0.5) is 10.5 Å². The molecule has 2 rings (SSSR count). The van der Waals surface area contributed by atoms with Gasteiger partial charge in [0, 0.05) is 23.9 Å². The molecular formula is C14H16N2O4. The van der Waals surface area contributed by atoms with Crippen LogP contribution in [0.15, 0.2) is 35.9 Å². The average Bonchev–Trinajstić information content (AvgIpc) is 2.48. The van der Waals surface area contributed by atoms with Gasteiger partial charge >= 0.3 is 6.09 Å². The number of methoxy groups -OCH3 is 1. The Balaban J connectivity index is 1.96. The first kappa shape index (κ1) is 14.1. The lowest BCUT2D eigenvalue weighted by Gasteiger charge is -2.22. The second-order valence-corrected chi connectivity index (χ2v) is 4.21. The number of carbonyl (C=O) groups is 2. The molecule has 0 radical (unpaired) electrons. The van der Waals surface area contributed by atoms with Crippen molar-refractivity contribution in [2.24, 2.45) is 0 Å². The van der Waals surface area contributed by atoms with Crippen LogP contribution in [-0.4, -0.2) is 32.3 Å². The predicted molar refractivity (Wildman–Crippen MR) is 73.7 cm³/mol. The molecule has 0 spiro atoms. The summed E-state index contributed by atoms with van der Waals surface area (Å²) in [4.78, 5) is 22.6. The maximum absolute atomic E-state index is 11.8. The Morgan fingerprint density at radius 2 is 2.35 bits per heavy atom. The van der Waals surface area contributed by atoms with E-state index in [-0.39, 0.29) is 0 Å². The summed E-state index contributed by atoms with van der Waals surface area (Å²) in [6.45, 7) is 0.661. The van der Waals surface area contributed by atoms with Gasteiger partial charge in [0.25, 0.3) is 0 Å². The van der Waals surface area contributed by atoms with E-state index >= 15 is 0 Å². The van der Waals surface area contributed by atoms with Crippen molar-refractivity contribution in [2.45, 2.75) is 12.6 Å². The zero-order valence-corrected chi connectivity index (χ0v) is 11.1. The molecule has 0 saturated carbocycles. The van der Waals surface area contributed by atoms with Crippen molar-refractivity contribution in [1.82, 2.24) is 5.32 Å². The molecule has 1 atom stereocenters. The standard InChI is InChI=1S/C14H16N2O4/c1-19-12-6-2-5-11(8-12)16-14(18)20-13-10(9-17)4-3-7-15-13/h2,4-6,8-9,13,15H,3,7H2,1H3,(H,16,18). The predicted octanol–water partition coefficient (Wildman–Crippen LogP) is 1.69. The fourth-order valence-electron chi connectivity index (χ4n) is 1.85. The van der Waals surface area contributed by atoms with Gasteiger partial charge in [-0.15, -0.1) is 0 Å². The third-order valence-electron chi connectivity index (χ3n) is 2.83. The van der Waals surface area contributed by atoms with E-state index in [0.717, 1.165) is 6.42 Å². The molecule has 1 aromatic rings. The van der Waals surface area contributed by atoms with Crippen LogP contribution in [0.2, 0.25) is 0 Å². The second kappa shape index (κ2) is 6.72. The summed E-state index contributed by atoms with van der Waals surface area (Å²) in [5.74, 6) is 0.632. The third-order valence-corrected chi connectivity index (χ3v) is 2.83. The Labute approximate surface area is 116 Å². The minimum absolute atomic E-state index is 0.428. The van der Waals surface area contributed by atoms with Crippen molar-refractivity contribution < 1.29 is 19.1 Å². The first-order chi connectivity index (χ1) is 9.72. The minimum atomic E-state index is -0.702. The van der Waals surface area contributed by atoms with E-state index in [1.165, 1.54) is 0 Å². The van der Waals surface area contributed by atoms with Gasteiger partial charge in [-0.05, 0) is 18.6 Å². The monoisotopic (exact) mass is 276 g/mol. The molecule has 0 aromatic heterocycles. The summed E-state index contributed by atoms with van der Waals surface area (Å²) in [6, 6.07) is 6.91. The second-order valence-electron chi connectivity index (χ2n) is 4.21. The van der Waals surface area contributed by atoms with Crippen LogP contribution < -0.4 is 15.4 Å². The zero-order chi connectivity index (χ0) is 14.4. The van der Waals surface area contributed by atoms with E-state index in [4.69, 9.17) is 9.47 Å². The van der Waals surface area contributed by atoms with Gasteiger partial charge in [-0.3, -0.25) is 15.4 Å². The molecule has 1 aliphatic heterocycles. The highest BCUT2D eigenvalue weighted by Crippen LogP contribution is 2.17. The van der Waals surface area contributed by atoms with Gasteiger partial charge in [-0.25, -0.2) is 4.79 Å². The molecule has 20 heavy (non-hydrogen) atoms. The lowest BCUT2D eigenvalue weighted by molar-refractivity contribution is -0.106. The van der Waals surface area contributed by atoms with Gasteiger partial charge < -0.3 is 9.47 Å². The molecule has 1 unspecified atom stereocenters. The van der Waals surface area contributed by atoms with Crippen LogP contribution in [0.3, 0.4) is 0 Å². The molecule has 0 fully saturated rings. The molecule has 0 saturated heterocycles. The number of nitrogens with one attached hydrogen (secondary N) is 2. The van der Waals surface area contributed by atoms with E-state index in [0.29, 0.717) is 29.8 Å². The molecule has 0 aliphatic carbocycles. The minimum Gasteiger partial charge on any atom is -0.497 e. The van der Waals surface area contributed by atoms with Gasteiger partial charge in [0.05, 0.1) is 7.11 Å². The van der Waals surface area contributed by atoms with Gasteiger partial charge in [-0.2, -0.15) is 0 Å². The third kappa shape index (κ3) is 3.58. The average molecular weight is 276 g/mol. The Bertz CT molecular complexity index is 528. The van der Waals surface area contributed by atoms with E-state index in [2.05, 4.69) is 10.6 Å². The Hall–Kier alpha value is -2.34. The van der Waals surface area contributed by atoms with E-state index in [9.17, 15) is 9.59 Å². The maximum atomic E-state index is 11.8. The summed E-state index contributed by atoms with van der Waals surface area (Å²) >= 11 is 0. The van der Waals surface area contributed by atoms with Crippen LogP contribution in [0, 0.1) is 0 Å². The lowest BCUT2D eigenvalue weighted by Crippen LogP contribution is -2.40. The largest absolute Gasteiger partial charge is 0.497 e. The van der Waals surface area contributed by atoms with E-state index < -0.39 is 12.3 Å². The van der Waals surface area contributed by atoms with Crippen molar-refractivity contribution in [3.63, 3.8) is 0 Å². The molecule has 1 aliphatic rings. The first-order valence-electron chi connectivity index (χ1n) is 6.23. The topological polar surface area (TPSA) is 76.7 Å². The highest BCUT2D eigenvalue weighted by molar-refractivity contribution is 5.86. The smallest absolute Gasteiger partial charge is 0.413 e. The number of hydrogen-bond acceptors (Lipinski definition) is 5. The SMILES string of the molecule is COc1cccc(NC(=O)OC2NCCC=C2C=O)c1. The van der Waals surface area contributed by atoms with Crippen molar-refractivity contribution >= 4 is 18.1 Å². The number of carbonyl (C=O) groups excluding carboxylic acids is 2. The lowest BCUT2D eigenvalue weighted by atomic mass is 10.1. The highest BCUT2D eigenvalue weighted by atomic mass is 16.6. The number of hydrogen-bond donors (Lipinski definition) is 2. The molecule has 106 valence electrons. The summed E-state index contributed by atoms with van der Waals surface area (Å²) in [7, 11) is 1.55. The summed E-state index contributed by atoms with van der Waals surface area (Å²) in [5, 5.41) is 5.54. The Kier molecular flexibility index (Phi) is 4.73. The molecule has 0 bridgehead atoms. The maximum Gasteiger partial charge on any atom is 0.413 e. The number of ether oxygens (including phenoxy) is 2. The van der Waals surface area contributed by atoms with Gasteiger partial charge in [-0.1, -0.05) is 12.1 Å². The molecule has 1 heterocycles. The fraction of sp³-hybridized carbons (Fsp3) is 0.286. The van der Waals surface area contributed by atoms with Crippen LogP contribution in [0.25, 0.3) is 0 Å². The highest BCUT2D eigenvalue weighted by Gasteiger charge is 2.20. The number of amides is 1. The van der Waals surface area contributed by atoms with E-state index in [1.54, 1.807) is 37.5 Å². The molecule has 2 N–H and O–H groups in total. The van der Waals surface area contributed by atoms with E-state index in [1.807, 2.05) is 0 Å². The van der Waals surface area contributed by atoms with Gasteiger partial charge in [0.15, 0.2) is 12.5 Å². The molecule has 1 amide bonds. The summed E-state index contributed by atoms with van der Waals surface area (Å²) in [5.41, 5.74) is 0.985. The normalized spacial score (nSPS) is 17.9. The molecule has 6 nitrogen and oxygen atoms in total. The Morgan fingerprint density at radius 1 is 1.50 bits per heavy atom. The van der Waals surface area contributed by atoms with Crippen molar-refractivity contribution in [3.05, 3.63) is 35.9 Å². The number of anilines is 1. The van der Waals surface area contributed by atoms with Gasteiger partial charge in [0.2, 0.25) is 0 Å². The van der Waals surface area contributed by atoms with Crippen LogP contribution in [0.1, 0.15) is 6.42 Å². The van der Waals surface area contributed by atoms with Crippen molar-refractivity contribution in [1.29, 1.82) is 0 Å². The van der Waals surface area contributed by atoms with Gasteiger partial charge in [0.1, 0.15) is 5.75 Å². The number of benzene rings is 1. The fourth-order valence-corrected chi connectivity index (χ4v) is 1.85. The van der Waals surface area contributed by atoms with Crippen molar-refractivity contribution in [3.8, 4) is 5.75 Å². The number of rotatable bonds is 4. The zero-order valence-electron chi connectivity index (χ0n) is 11.1. The van der Waals surface area contributed by atoms with Crippen molar-refractivity contribution in [2.75, 3.05) is 19.0 Å². The number of aldehydes is 1. The Morgan fingerprint density at radius 3 is 3.10 bits per heavy atom. The summed E-state index contributed by atoms with van der Waals surface area (Å²) < 4.78 is 10.2. The molecular weight excluding hydrogens is 260 g/mol.